The molecule has 24 rings (SSSR count). The average molecular weight is 1940 g/mol. The average Bonchev–Trinajstić information content (AvgIpc) is 0.717. The highest BCUT2D eigenvalue weighted by atomic mass is 19.2. The molecule has 0 aliphatic rings. The molecule has 0 fully saturated rings. The molecule has 16 heteroatoms. The number of hydrogen-bond acceptors (Lipinski definition) is 6. The molecule has 0 amide bonds. The van der Waals surface area contributed by atoms with Crippen LogP contribution in [-0.4, -0.2) is 0 Å². The maximum atomic E-state index is 17.7. The van der Waals surface area contributed by atoms with Crippen LogP contribution >= 0.6 is 0 Å². The van der Waals surface area contributed by atoms with Gasteiger partial charge in [-0.1, -0.05) is 279 Å². The topological polar surface area (TPSA) is 69.3 Å². The summed E-state index contributed by atoms with van der Waals surface area (Å²) >= 11 is 0. The van der Waals surface area contributed by atoms with Gasteiger partial charge in [0, 0.05) is 90.8 Å². The molecule has 0 spiro atoms. The highest BCUT2D eigenvalue weighted by Crippen LogP contribution is 2.54. The lowest BCUT2D eigenvalue weighted by atomic mass is 9.91. The Morgan fingerprint density at radius 2 is 0.432 bits per heavy atom. The van der Waals surface area contributed by atoms with Crippen LogP contribution in [0.25, 0.3) is 163 Å². The summed E-state index contributed by atoms with van der Waals surface area (Å²) in [4.78, 5) is 13.3. The molecule has 24 aromatic carbocycles. The summed E-state index contributed by atoms with van der Waals surface area (Å²) in [5, 5.41) is 27.8. The molecule has 700 valence electrons. The first-order valence-electron chi connectivity index (χ1n) is 51.8. The van der Waals surface area contributed by atoms with Crippen molar-refractivity contribution in [3.8, 4) is 101 Å². The predicted molar refractivity (Wildman–Crippen MR) is 584 cm³/mol. The molecule has 0 saturated carbocycles. The Hall–Kier alpha value is -20.0. The molecule has 8 nitrogen and oxygen atoms in total. The van der Waals surface area contributed by atoms with Crippen molar-refractivity contribution >= 4 is 144 Å². The molecule has 0 atom stereocenters. The molecule has 0 aliphatic heterocycles. The lowest BCUT2D eigenvalue weighted by Crippen LogP contribution is -2.14. The van der Waals surface area contributed by atoms with Crippen LogP contribution in [0.5, 0.6) is 0 Å². The Kier molecular flexibility index (Phi) is 21.1. The van der Waals surface area contributed by atoms with Gasteiger partial charge in [0.2, 0.25) is 0 Å². The van der Waals surface area contributed by atoms with E-state index in [0.717, 1.165) is 90.3 Å². The van der Waals surface area contributed by atoms with E-state index in [1.807, 2.05) is 200 Å². The van der Waals surface area contributed by atoms with Crippen LogP contribution in [0.2, 0.25) is 0 Å². The second kappa shape index (κ2) is 38.8. The Morgan fingerprint density at radius 3 is 0.669 bits per heavy atom. The summed E-state index contributed by atoms with van der Waals surface area (Å²) < 4.78 is 220. The standard InChI is InChI=1S/C78H46F4N4.C54H30F4N4/c1-84-62-28-32-64(33-29-62)86(76-47-70(80)68(45-72(76)82)61-42-58(52-18-10-4-11-19-52)39-59(43-61)53-20-12-5-13-21-53)74-37-27-55-24-34-65-73(36-26-54-25-35-66(74)78(55)77(54)65)85(63-30-22-49(48-83)23-31-63)75-46-69(79)67(44-71(75)81)60-40-56(50-14-6-2-7-15-50)38-57(41-60)51-16-8-3-9-17-51;1-60-38-18-22-40(23-19-38)62(52-31-46(56)44(29-48(52)58)35-10-6-3-7-11-35)50-27-17-37-14-24-41-49(26-16-36-15-25-42(50)54(37)53(36)41)61(39-20-12-33(32-59)13-21-39)51-30-45(55)43(28-47(51)57)34-8-4-2-5-9-34/h2-47H;2-31H/i;2D,3D,4D,5D,6D,7D,8D,9D,10D,11D. The van der Waals surface area contributed by atoms with E-state index < -0.39 is 129 Å². The van der Waals surface area contributed by atoms with Crippen LogP contribution in [0.1, 0.15) is 24.8 Å². The Morgan fingerprint density at radius 1 is 0.209 bits per heavy atom. The third-order valence-electron chi connectivity index (χ3n) is 26.7. The quantitative estimate of drug-likeness (QED) is 0.0430. The van der Waals surface area contributed by atoms with Gasteiger partial charge in [-0.2, -0.15) is 10.5 Å². The minimum atomic E-state index is -1.10. The van der Waals surface area contributed by atoms with Crippen molar-refractivity contribution in [3.63, 3.8) is 0 Å². The highest BCUT2D eigenvalue weighted by molar-refractivity contribution is 6.30. The second-order valence-corrected chi connectivity index (χ2v) is 35.3. The Bertz CT molecular complexity index is 9420. The van der Waals surface area contributed by atoms with Crippen molar-refractivity contribution in [2.45, 2.75) is 0 Å². The summed E-state index contributed by atoms with van der Waals surface area (Å²) in [6.45, 7) is 15.3. The molecule has 148 heavy (non-hydrogen) atoms. The zero-order valence-corrected chi connectivity index (χ0v) is 77.7. The van der Waals surface area contributed by atoms with Crippen molar-refractivity contribution in [2.75, 3.05) is 19.6 Å². The van der Waals surface area contributed by atoms with Gasteiger partial charge in [0.1, 0.15) is 46.5 Å². The zero-order chi connectivity index (χ0) is 110. The molecule has 0 bridgehead atoms. The summed E-state index contributed by atoms with van der Waals surface area (Å²) in [6.07, 6.45) is 0. The molecule has 0 unspecified atom stereocenters. The second-order valence-electron chi connectivity index (χ2n) is 35.3. The van der Waals surface area contributed by atoms with Crippen molar-refractivity contribution < 1.29 is 48.8 Å². The van der Waals surface area contributed by atoms with Crippen LogP contribution in [0.4, 0.5) is 115 Å². The minimum absolute atomic E-state index is 0.0592. The maximum Gasteiger partial charge on any atom is 0.187 e. The number of anilines is 12. The van der Waals surface area contributed by atoms with Gasteiger partial charge in [0.05, 0.1) is 95.6 Å². The summed E-state index contributed by atoms with van der Waals surface area (Å²) in [5.74, 6) is -6.91. The van der Waals surface area contributed by atoms with Crippen LogP contribution in [0.3, 0.4) is 0 Å². The van der Waals surface area contributed by atoms with E-state index in [-0.39, 0.29) is 50.8 Å². The number of nitrogens with zero attached hydrogens (tertiary/aromatic N) is 8. The number of benzene rings is 24. The normalized spacial score (nSPS) is 12.2. The molecule has 0 radical (unpaired) electrons. The van der Waals surface area contributed by atoms with Gasteiger partial charge in [0.25, 0.3) is 0 Å². The summed E-state index contributed by atoms with van der Waals surface area (Å²) in [7, 11) is 0. The maximum absolute atomic E-state index is 17.7. The lowest BCUT2D eigenvalue weighted by molar-refractivity contribution is 0.604. The molecular formula is C132H76F8N8. The molecule has 0 saturated heterocycles. The number of halogens is 8. The summed E-state index contributed by atoms with van der Waals surface area (Å²) in [5.41, 5.74) is 9.80. The third kappa shape index (κ3) is 17.0. The predicted octanol–water partition coefficient (Wildman–Crippen LogP) is 38.3. The first-order chi connectivity index (χ1) is 76.6. The van der Waals surface area contributed by atoms with E-state index in [4.69, 9.17) is 26.9 Å². The summed E-state index contributed by atoms with van der Waals surface area (Å²) in [6, 6.07) is 111. The van der Waals surface area contributed by atoms with E-state index in [9.17, 15) is 10.5 Å². The van der Waals surface area contributed by atoms with Crippen LogP contribution < -0.4 is 19.6 Å². The Labute approximate surface area is 860 Å². The number of rotatable bonds is 20. The van der Waals surface area contributed by atoms with E-state index in [1.54, 1.807) is 131 Å². The van der Waals surface area contributed by atoms with Crippen LogP contribution in [0.15, 0.2) is 461 Å². The van der Waals surface area contributed by atoms with Gasteiger partial charge < -0.3 is 19.6 Å². The van der Waals surface area contributed by atoms with Crippen LogP contribution in [0, 0.1) is 82.3 Å². The molecular weight excluding hydrogens is 1850 g/mol. The molecule has 24 aromatic rings. The van der Waals surface area contributed by atoms with Gasteiger partial charge in [-0.05, 0) is 268 Å². The molecule has 0 aromatic heterocycles. The largest absolute Gasteiger partial charge is 0.307 e. The third-order valence-corrected chi connectivity index (χ3v) is 26.7. The Balaban J connectivity index is 0.000000174. The monoisotopic (exact) mass is 1930 g/mol. The fourth-order valence-electron chi connectivity index (χ4n) is 19.9. The van der Waals surface area contributed by atoms with Crippen LogP contribution in [-0.2, 0) is 0 Å². The van der Waals surface area contributed by atoms with Gasteiger partial charge in [0.15, 0.2) is 11.4 Å². The van der Waals surface area contributed by atoms with E-state index in [1.165, 1.54) is 58.3 Å². The first-order valence-corrected chi connectivity index (χ1v) is 46.8. The zero-order valence-electron chi connectivity index (χ0n) is 87.7. The van der Waals surface area contributed by atoms with Crippen molar-refractivity contribution in [1.29, 1.82) is 10.5 Å². The lowest BCUT2D eigenvalue weighted by Gasteiger charge is -2.30. The van der Waals surface area contributed by atoms with Crippen molar-refractivity contribution in [3.05, 3.63) is 541 Å². The molecule has 0 heterocycles. The van der Waals surface area contributed by atoms with Gasteiger partial charge in [-0.25, -0.2) is 44.8 Å². The highest BCUT2D eigenvalue weighted by Gasteiger charge is 2.32. The SMILES string of the molecule is [2H]c1c([2H])c([2H])c(-c2cc(F)c(N(c3ccc(C#N)cc3)c3ccc4ccc5c(N(c6ccc([N+]#[C-])cc6)c6cc(F)c(-c7c([2H])c([2H])c([2H])c([2H])c7[2H])cc6F)ccc6ccc3c4c65)cc2F)c([2H])c1[2H].[C-]#[N+]c1ccc(N(c2cc(F)c(-c3cc(-c4ccccc4)cc(-c4ccccc4)c3)cc2F)c2ccc3ccc4c(N(c5ccc(C#N)cc5)c5cc(F)c(-c6cc(-c7ccccc7)cc(-c7ccccc7)c6)cc5F)ccc5ccc2c3c54)cc1. The van der Waals surface area contributed by atoms with Crippen molar-refractivity contribution in [2.24, 2.45) is 0 Å². The number of nitriles is 2. The van der Waals surface area contributed by atoms with E-state index >= 15 is 35.1 Å². The fraction of sp³-hybridized carbons (Fsp3) is 0. The smallest absolute Gasteiger partial charge is 0.187 e. The molecule has 0 N–H and O–H groups in total. The van der Waals surface area contributed by atoms with Gasteiger partial charge in [-0.15, -0.1) is 0 Å². The first kappa shape index (κ1) is 80.6. The van der Waals surface area contributed by atoms with E-state index in [2.05, 4.69) is 27.9 Å². The van der Waals surface area contributed by atoms with Gasteiger partial charge >= 0.3 is 0 Å². The molecule has 0 aliphatic carbocycles. The minimum Gasteiger partial charge on any atom is -0.307 e. The fourth-order valence-corrected chi connectivity index (χ4v) is 19.9. The number of hydrogen-bond donors (Lipinski definition) is 0. The van der Waals surface area contributed by atoms with Gasteiger partial charge in [-0.3, -0.25) is 0 Å². The van der Waals surface area contributed by atoms with E-state index in [0.29, 0.717) is 105 Å². The van der Waals surface area contributed by atoms with Crippen molar-refractivity contribution in [1.82, 2.24) is 0 Å².